The second-order valence-electron chi connectivity index (χ2n) is 5.52. The summed E-state index contributed by atoms with van der Waals surface area (Å²) < 4.78 is 3.74. The fourth-order valence-corrected chi connectivity index (χ4v) is 3.02. The van der Waals surface area contributed by atoms with Gasteiger partial charge in [-0.2, -0.15) is 5.10 Å². The van der Waals surface area contributed by atoms with Gasteiger partial charge in [-0.05, 0) is 18.6 Å². The van der Waals surface area contributed by atoms with Crippen LogP contribution >= 0.6 is 0 Å². The van der Waals surface area contributed by atoms with Crippen LogP contribution in [-0.2, 0) is 11.3 Å². The number of imidazole rings is 1. The van der Waals surface area contributed by atoms with Gasteiger partial charge in [0, 0.05) is 13.1 Å². The maximum absolute atomic E-state index is 12.3. The molecule has 1 unspecified atom stereocenters. The lowest BCUT2D eigenvalue weighted by Gasteiger charge is -2.17. The first-order chi connectivity index (χ1) is 10.8. The molecule has 1 fully saturated rings. The van der Waals surface area contributed by atoms with Crippen LogP contribution in [0.1, 0.15) is 12.5 Å². The van der Waals surface area contributed by atoms with Crippen molar-refractivity contribution in [2.75, 3.05) is 13.1 Å². The molecule has 1 aliphatic heterocycles. The first kappa shape index (κ1) is 13.0. The molecule has 7 heteroatoms. The normalized spacial score (nSPS) is 18.2. The molecule has 4 rings (SSSR count). The highest BCUT2D eigenvalue weighted by Gasteiger charge is 2.28. The van der Waals surface area contributed by atoms with Gasteiger partial charge < -0.3 is 9.47 Å². The maximum Gasteiger partial charge on any atom is 0.244 e. The Morgan fingerprint density at radius 3 is 3.05 bits per heavy atom. The molecule has 0 bridgehead atoms. The van der Waals surface area contributed by atoms with E-state index in [1.165, 1.54) is 6.33 Å². The van der Waals surface area contributed by atoms with Crippen molar-refractivity contribution in [3.05, 3.63) is 43.2 Å². The van der Waals surface area contributed by atoms with Crippen LogP contribution in [-0.4, -0.2) is 48.2 Å². The number of carbonyl (C=O) groups is 1. The number of hydrogen-bond donors (Lipinski definition) is 0. The number of benzene rings is 1. The fraction of sp³-hybridized carbons (Fsp3) is 0.333. The molecule has 22 heavy (non-hydrogen) atoms. The number of carbonyl (C=O) groups excluding carboxylic acids is 1. The second kappa shape index (κ2) is 5.25. The van der Waals surface area contributed by atoms with E-state index in [-0.39, 0.29) is 18.5 Å². The molecule has 0 aliphatic carbocycles. The summed E-state index contributed by atoms with van der Waals surface area (Å²) in [7, 11) is 0. The van der Waals surface area contributed by atoms with E-state index in [1.807, 2.05) is 29.4 Å². The predicted molar refractivity (Wildman–Crippen MR) is 80.0 cm³/mol. The molecule has 1 aromatic carbocycles. The van der Waals surface area contributed by atoms with Crippen molar-refractivity contribution in [1.82, 2.24) is 29.2 Å². The van der Waals surface area contributed by atoms with Gasteiger partial charge in [0.15, 0.2) is 0 Å². The summed E-state index contributed by atoms with van der Waals surface area (Å²) in [5, 5.41) is 3.98. The smallest absolute Gasteiger partial charge is 0.244 e. The van der Waals surface area contributed by atoms with E-state index in [4.69, 9.17) is 0 Å². The molecule has 0 spiro atoms. The fourth-order valence-electron chi connectivity index (χ4n) is 3.02. The highest BCUT2D eigenvalue weighted by Crippen LogP contribution is 2.25. The first-order valence-electron chi connectivity index (χ1n) is 7.33. The molecule has 1 saturated heterocycles. The van der Waals surface area contributed by atoms with Gasteiger partial charge in [0.1, 0.15) is 19.2 Å². The van der Waals surface area contributed by atoms with E-state index in [2.05, 4.69) is 25.7 Å². The molecular weight excluding hydrogens is 280 g/mol. The van der Waals surface area contributed by atoms with Crippen LogP contribution in [0.3, 0.4) is 0 Å². The van der Waals surface area contributed by atoms with Crippen molar-refractivity contribution < 1.29 is 4.79 Å². The molecule has 7 nitrogen and oxygen atoms in total. The average Bonchev–Trinajstić information content (AvgIpc) is 3.27. The third kappa shape index (κ3) is 2.24. The number of rotatable bonds is 3. The number of amides is 1. The van der Waals surface area contributed by atoms with Crippen molar-refractivity contribution in [2.45, 2.75) is 19.0 Å². The predicted octanol–water partition coefficient (Wildman–Crippen LogP) is 1.10. The van der Waals surface area contributed by atoms with Gasteiger partial charge in [0.2, 0.25) is 5.91 Å². The van der Waals surface area contributed by atoms with Crippen molar-refractivity contribution in [3.63, 3.8) is 0 Å². The Balaban J connectivity index is 1.49. The Morgan fingerprint density at radius 2 is 2.18 bits per heavy atom. The van der Waals surface area contributed by atoms with E-state index >= 15 is 0 Å². The molecule has 1 aliphatic rings. The Hall–Kier alpha value is -2.70. The van der Waals surface area contributed by atoms with Crippen LogP contribution in [0.25, 0.3) is 11.0 Å². The Bertz CT molecular complexity index is 793. The van der Waals surface area contributed by atoms with Gasteiger partial charge in [-0.15, -0.1) is 0 Å². The summed E-state index contributed by atoms with van der Waals surface area (Å²) in [5.74, 6) is 0.0809. The third-order valence-electron chi connectivity index (χ3n) is 4.15. The van der Waals surface area contributed by atoms with Crippen LogP contribution in [0.2, 0.25) is 0 Å². The molecule has 3 aromatic rings. The van der Waals surface area contributed by atoms with Gasteiger partial charge in [-0.1, -0.05) is 12.1 Å². The average molecular weight is 296 g/mol. The van der Waals surface area contributed by atoms with Crippen LogP contribution in [0.4, 0.5) is 0 Å². The minimum atomic E-state index is 0.0809. The topological polar surface area (TPSA) is 68.8 Å². The van der Waals surface area contributed by atoms with E-state index in [0.717, 1.165) is 24.0 Å². The zero-order chi connectivity index (χ0) is 14.9. The molecule has 112 valence electrons. The van der Waals surface area contributed by atoms with Crippen molar-refractivity contribution in [2.24, 2.45) is 0 Å². The van der Waals surface area contributed by atoms with Crippen LogP contribution in [0.15, 0.2) is 43.2 Å². The second-order valence-corrected chi connectivity index (χ2v) is 5.52. The highest BCUT2D eigenvalue weighted by molar-refractivity contribution is 5.77. The Labute approximate surface area is 127 Å². The van der Waals surface area contributed by atoms with Crippen LogP contribution in [0.5, 0.6) is 0 Å². The minimum absolute atomic E-state index is 0.0809. The van der Waals surface area contributed by atoms with E-state index in [9.17, 15) is 4.79 Å². The SMILES string of the molecule is O=C(Cn1cncn1)N1CCC(n2cnc3ccccc32)C1. The standard InChI is InChI=1S/C15H16N6O/c22-15(8-20-10-16-9-18-20)19-6-5-12(7-19)21-11-17-13-3-1-2-4-14(13)21/h1-4,9-12H,5-8H2. The minimum Gasteiger partial charge on any atom is -0.339 e. The third-order valence-corrected chi connectivity index (χ3v) is 4.15. The first-order valence-corrected chi connectivity index (χ1v) is 7.33. The summed E-state index contributed by atoms with van der Waals surface area (Å²) in [6.45, 7) is 1.73. The molecule has 1 amide bonds. The number of aromatic nitrogens is 5. The van der Waals surface area contributed by atoms with Gasteiger partial charge in [-0.25, -0.2) is 14.6 Å². The van der Waals surface area contributed by atoms with Gasteiger partial charge in [-0.3, -0.25) is 4.79 Å². The molecule has 0 radical (unpaired) electrons. The zero-order valence-electron chi connectivity index (χ0n) is 12.0. The molecule has 0 saturated carbocycles. The largest absolute Gasteiger partial charge is 0.339 e. The summed E-state index contributed by atoms with van der Waals surface area (Å²) in [4.78, 5) is 22.5. The Kier molecular flexibility index (Phi) is 3.10. The lowest BCUT2D eigenvalue weighted by atomic mass is 10.2. The number of hydrogen-bond acceptors (Lipinski definition) is 4. The zero-order valence-corrected chi connectivity index (χ0v) is 12.0. The number of para-hydroxylation sites is 2. The summed E-state index contributed by atoms with van der Waals surface area (Å²) in [6, 6.07) is 8.37. The summed E-state index contributed by atoms with van der Waals surface area (Å²) >= 11 is 0. The van der Waals surface area contributed by atoms with E-state index < -0.39 is 0 Å². The number of likely N-dealkylation sites (tertiary alicyclic amines) is 1. The van der Waals surface area contributed by atoms with E-state index in [1.54, 1.807) is 11.0 Å². The molecule has 1 atom stereocenters. The quantitative estimate of drug-likeness (QED) is 0.726. The van der Waals surface area contributed by atoms with Gasteiger partial charge in [0.25, 0.3) is 0 Å². The molecule has 3 heterocycles. The molecule has 0 N–H and O–H groups in total. The molecular formula is C15H16N6O. The Morgan fingerprint density at radius 1 is 1.27 bits per heavy atom. The highest BCUT2D eigenvalue weighted by atomic mass is 16.2. The van der Waals surface area contributed by atoms with Gasteiger partial charge in [0.05, 0.1) is 23.4 Å². The summed E-state index contributed by atoms with van der Waals surface area (Å²) in [6.07, 6.45) is 5.83. The molecule has 2 aromatic heterocycles. The number of nitrogens with zero attached hydrogens (tertiary/aromatic N) is 6. The number of fused-ring (bicyclic) bond motifs is 1. The maximum atomic E-state index is 12.3. The van der Waals surface area contributed by atoms with Crippen LogP contribution < -0.4 is 0 Å². The summed E-state index contributed by atoms with van der Waals surface area (Å²) in [5.41, 5.74) is 2.12. The van der Waals surface area contributed by atoms with Gasteiger partial charge >= 0.3 is 0 Å². The van der Waals surface area contributed by atoms with Crippen molar-refractivity contribution in [3.8, 4) is 0 Å². The monoisotopic (exact) mass is 296 g/mol. The van der Waals surface area contributed by atoms with Crippen molar-refractivity contribution in [1.29, 1.82) is 0 Å². The van der Waals surface area contributed by atoms with E-state index in [0.29, 0.717) is 6.54 Å². The lowest BCUT2D eigenvalue weighted by Crippen LogP contribution is -2.32. The van der Waals surface area contributed by atoms with Crippen LogP contribution in [0, 0.1) is 0 Å². The lowest BCUT2D eigenvalue weighted by molar-refractivity contribution is -0.131. The van der Waals surface area contributed by atoms with Crippen molar-refractivity contribution >= 4 is 16.9 Å².